The van der Waals surface area contributed by atoms with Crippen molar-refractivity contribution < 1.29 is 4.74 Å². The molecule has 142 valence electrons. The molecular weight excluding hydrogens is 354 g/mol. The highest BCUT2D eigenvalue weighted by Gasteiger charge is 2.09. The lowest BCUT2D eigenvalue weighted by Crippen LogP contribution is -2.20. The van der Waals surface area contributed by atoms with Gasteiger partial charge in [0, 0.05) is 12.6 Å². The maximum absolute atomic E-state index is 5.94. The van der Waals surface area contributed by atoms with E-state index in [0.717, 1.165) is 25.1 Å². The van der Waals surface area contributed by atoms with Crippen molar-refractivity contribution in [2.24, 2.45) is 0 Å². The van der Waals surface area contributed by atoms with Crippen LogP contribution in [0.15, 0.2) is 84.9 Å². The highest BCUT2D eigenvalue weighted by atomic mass is 35.5. The predicted octanol–water partition coefficient (Wildman–Crippen LogP) is 6.32. The molecule has 0 aliphatic heterocycles. The van der Waals surface area contributed by atoms with Crippen molar-refractivity contribution >= 4 is 12.4 Å². The van der Waals surface area contributed by atoms with E-state index in [2.05, 4.69) is 72.9 Å². The molecule has 3 aromatic rings. The molecule has 0 spiro atoms. The quantitative estimate of drug-likeness (QED) is 0.468. The Morgan fingerprint density at radius 1 is 0.815 bits per heavy atom. The van der Waals surface area contributed by atoms with Crippen LogP contribution in [0, 0.1) is 0 Å². The van der Waals surface area contributed by atoms with Crippen LogP contribution in [0.25, 0.3) is 0 Å². The van der Waals surface area contributed by atoms with E-state index < -0.39 is 0 Å². The van der Waals surface area contributed by atoms with Gasteiger partial charge >= 0.3 is 0 Å². The van der Waals surface area contributed by atoms with E-state index in [1.807, 2.05) is 24.3 Å². The lowest BCUT2D eigenvalue weighted by molar-refractivity contribution is 0.306. The van der Waals surface area contributed by atoms with Gasteiger partial charge in [0.05, 0.1) is 0 Å². The molecule has 0 aliphatic rings. The molecule has 0 radical (unpaired) electrons. The molecule has 3 heteroatoms. The van der Waals surface area contributed by atoms with Crippen LogP contribution < -0.4 is 10.1 Å². The van der Waals surface area contributed by atoms with E-state index in [0.29, 0.717) is 12.6 Å². The fourth-order valence-corrected chi connectivity index (χ4v) is 3.09. The summed E-state index contributed by atoms with van der Waals surface area (Å²) in [7, 11) is 0. The molecule has 27 heavy (non-hydrogen) atoms. The first-order valence-corrected chi connectivity index (χ1v) is 9.39. The number of ether oxygens (including phenoxy) is 1. The third kappa shape index (κ3) is 6.74. The normalized spacial score (nSPS) is 11.4. The Bertz CT molecular complexity index is 777. The van der Waals surface area contributed by atoms with Crippen LogP contribution in [-0.2, 0) is 13.2 Å². The number of halogens is 1. The van der Waals surface area contributed by atoms with Gasteiger partial charge < -0.3 is 10.1 Å². The second-order valence-electron chi connectivity index (χ2n) is 6.55. The van der Waals surface area contributed by atoms with E-state index in [9.17, 15) is 0 Å². The molecule has 1 N–H and O–H groups in total. The Morgan fingerprint density at radius 2 is 1.48 bits per heavy atom. The largest absolute Gasteiger partial charge is 0.489 e. The first kappa shape index (κ1) is 21.0. The van der Waals surface area contributed by atoms with Crippen molar-refractivity contribution in [2.45, 2.75) is 39.0 Å². The zero-order chi connectivity index (χ0) is 18.0. The third-order valence-electron chi connectivity index (χ3n) is 4.48. The number of benzene rings is 3. The molecule has 3 aromatic carbocycles. The Labute approximate surface area is 169 Å². The molecular formula is C24H28ClNO. The molecule has 3 rings (SSSR count). The van der Waals surface area contributed by atoms with Gasteiger partial charge in [-0.3, -0.25) is 0 Å². The second-order valence-corrected chi connectivity index (χ2v) is 6.55. The van der Waals surface area contributed by atoms with Gasteiger partial charge in [0.2, 0.25) is 0 Å². The zero-order valence-corrected chi connectivity index (χ0v) is 16.6. The summed E-state index contributed by atoms with van der Waals surface area (Å²) in [4.78, 5) is 0. The highest BCUT2D eigenvalue weighted by Crippen LogP contribution is 2.20. The van der Waals surface area contributed by atoms with Gasteiger partial charge in [-0.1, -0.05) is 86.1 Å². The molecule has 1 atom stereocenters. The van der Waals surface area contributed by atoms with Crippen molar-refractivity contribution in [1.29, 1.82) is 0 Å². The Morgan fingerprint density at radius 3 is 2.19 bits per heavy atom. The molecule has 0 amide bonds. The summed E-state index contributed by atoms with van der Waals surface area (Å²) in [6.07, 6.45) is 2.29. The van der Waals surface area contributed by atoms with Gasteiger partial charge in [0.1, 0.15) is 12.4 Å². The average molecular weight is 382 g/mol. The van der Waals surface area contributed by atoms with Crippen LogP contribution in [0.4, 0.5) is 0 Å². The van der Waals surface area contributed by atoms with Crippen LogP contribution in [0.5, 0.6) is 5.75 Å². The first-order valence-electron chi connectivity index (χ1n) is 9.39. The first-order chi connectivity index (χ1) is 12.8. The number of nitrogens with one attached hydrogen (secondary N) is 1. The number of rotatable bonds is 9. The van der Waals surface area contributed by atoms with Crippen LogP contribution in [0.3, 0.4) is 0 Å². The average Bonchev–Trinajstić information content (AvgIpc) is 2.71. The molecule has 0 saturated carbocycles. The van der Waals surface area contributed by atoms with E-state index in [-0.39, 0.29) is 12.4 Å². The van der Waals surface area contributed by atoms with Crippen LogP contribution in [0.1, 0.15) is 42.5 Å². The monoisotopic (exact) mass is 381 g/mol. The van der Waals surface area contributed by atoms with Gasteiger partial charge in [-0.2, -0.15) is 0 Å². The standard InChI is InChI=1S/C24H27NO.ClH/c1-2-10-24(22-14-7-4-8-15-22)25-18-21-13-9-16-23(17-21)26-19-20-11-5-3-6-12-20;/h3-9,11-17,24-25H,2,10,18-19H2,1H3;1H. The Hall–Kier alpha value is -2.29. The minimum Gasteiger partial charge on any atom is -0.489 e. The molecule has 0 saturated heterocycles. The molecule has 0 bridgehead atoms. The number of hydrogen-bond acceptors (Lipinski definition) is 2. The summed E-state index contributed by atoms with van der Waals surface area (Å²) in [5.74, 6) is 0.917. The summed E-state index contributed by atoms with van der Waals surface area (Å²) >= 11 is 0. The minimum atomic E-state index is 0. The summed E-state index contributed by atoms with van der Waals surface area (Å²) in [5, 5.41) is 3.70. The fourth-order valence-electron chi connectivity index (χ4n) is 3.09. The van der Waals surface area contributed by atoms with E-state index >= 15 is 0 Å². The SMILES string of the molecule is CCCC(NCc1cccc(OCc2ccccc2)c1)c1ccccc1.Cl. The molecule has 2 nitrogen and oxygen atoms in total. The Balaban J connectivity index is 0.00000261. The van der Waals surface area contributed by atoms with Crippen molar-refractivity contribution in [3.63, 3.8) is 0 Å². The smallest absolute Gasteiger partial charge is 0.120 e. The van der Waals surface area contributed by atoms with Crippen LogP contribution >= 0.6 is 12.4 Å². The second kappa shape index (κ2) is 11.4. The maximum atomic E-state index is 5.94. The van der Waals surface area contributed by atoms with Gasteiger partial charge in [-0.05, 0) is 35.2 Å². The summed E-state index contributed by atoms with van der Waals surface area (Å²) < 4.78 is 5.94. The third-order valence-corrected chi connectivity index (χ3v) is 4.48. The summed E-state index contributed by atoms with van der Waals surface area (Å²) in [6, 6.07) is 29.7. The molecule has 0 aliphatic carbocycles. The van der Waals surface area contributed by atoms with Crippen molar-refractivity contribution in [2.75, 3.05) is 0 Å². The van der Waals surface area contributed by atoms with Crippen LogP contribution in [-0.4, -0.2) is 0 Å². The highest BCUT2D eigenvalue weighted by molar-refractivity contribution is 5.85. The summed E-state index contributed by atoms with van der Waals surface area (Å²) in [5.41, 5.74) is 3.78. The molecule has 0 aromatic heterocycles. The summed E-state index contributed by atoms with van der Waals surface area (Å²) in [6.45, 7) is 3.66. The molecule has 0 fully saturated rings. The Kier molecular flexibility index (Phi) is 8.90. The zero-order valence-electron chi connectivity index (χ0n) is 15.8. The lowest BCUT2D eigenvalue weighted by Gasteiger charge is -2.19. The van der Waals surface area contributed by atoms with Gasteiger partial charge in [0.25, 0.3) is 0 Å². The van der Waals surface area contributed by atoms with Gasteiger partial charge in [-0.15, -0.1) is 12.4 Å². The van der Waals surface area contributed by atoms with Crippen LogP contribution in [0.2, 0.25) is 0 Å². The maximum Gasteiger partial charge on any atom is 0.120 e. The number of hydrogen-bond donors (Lipinski definition) is 1. The fraction of sp³-hybridized carbons (Fsp3) is 0.250. The van der Waals surface area contributed by atoms with Crippen molar-refractivity contribution in [3.8, 4) is 5.75 Å². The van der Waals surface area contributed by atoms with Gasteiger partial charge in [0.15, 0.2) is 0 Å². The molecule has 1 unspecified atom stereocenters. The van der Waals surface area contributed by atoms with Crippen molar-refractivity contribution in [1.82, 2.24) is 5.32 Å². The lowest BCUT2D eigenvalue weighted by atomic mass is 10.0. The molecule has 0 heterocycles. The minimum absolute atomic E-state index is 0. The van der Waals surface area contributed by atoms with E-state index in [4.69, 9.17) is 4.74 Å². The van der Waals surface area contributed by atoms with Crippen molar-refractivity contribution in [3.05, 3.63) is 102 Å². The topological polar surface area (TPSA) is 21.3 Å². The van der Waals surface area contributed by atoms with Gasteiger partial charge in [-0.25, -0.2) is 0 Å². The van der Waals surface area contributed by atoms with E-state index in [1.165, 1.54) is 16.7 Å². The van der Waals surface area contributed by atoms with E-state index in [1.54, 1.807) is 0 Å². The predicted molar refractivity (Wildman–Crippen MR) is 115 cm³/mol.